The van der Waals surface area contributed by atoms with Crippen LogP contribution in [0, 0.1) is 19.3 Å². The summed E-state index contributed by atoms with van der Waals surface area (Å²) in [7, 11) is 0. The molecule has 3 nitrogen and oxygen atoms in total. The lowest BCUT2D eigenvalue weighted by Gasteiger charge is -2.24. The van der Waals surface area contributed by atoms with E-state index in [0.29, 0.717) is 5.41 Å². The zero-order chi connectivity index (χ0) is 13.5. The normalized spacial score (nSPS) is 18.1. The SMILES string of the molecule is Cc1sc2ncnc(NCC3(C)CCCC3)c2c1C. The highest BCUT2D eigenvalue weighted by atomic mass is 32.1. The number of hydrogen-bond acceptors (Lipinski definition) is 4. The minimum atomic E-state index is 0.441. The van der Waals surface area contributed by atoms with Gasteiger partial charge in [0.2, 0.25) is 0 Å². The van der Waals surface area contributed by atoms with Crippen molar-refractivity contribution in [3.05, 3.63) is 16.8 Å². The van der Waals surface area contributed by atoms with E-state index in [4.69, 9.17) is 0 Å². The molecule has 0 amide bonds. The maximum atomic E-state index is 4.46. The number of rotatable bonds is 3. The lowest BCUT2D eigenvalue weighted by Crippen LogP contribution is -2.23. The van der Waals surface area contributed by atoms with Crippen molar-refractivity contribution in [2.75, 3.05) is 11.9 Å². The Balaban J connectivity index is 1.88. The largest absolute Gasteiger partial charge is 0.369 e. The number of anilines is 1. The van der Waals surface area contributed by atoms with Crippen LogP contribution in [-0.4, -0.2) is 16.5 Å². The molecule has 0 unspecified atom stereocenters. The number of aromatic nitrogens is 2. The predicted molar refractivity (Wildman–Crippen MR) is 82.0 cm³/mol. The number of thiophene rings is 1. The van der Waals surface area contributed by atoms with Gasteiger partial charge in [0.1, 0.15) is 17.0 Å². The molecule has 3 rings (SSSR count). The van der Waals surface area contributed by atoms with E-state index in [1.807, 2.05) is 0 Å². The van der Waals surface area contributed by atoms with Gasteiger partial charge in [-0.15, -0.1) is 11.3 Å². The van der Waals surface area contributed by atoms with Gasteiger partial charge in [0, 0.05) is 11.4 Å². The molecule has 0 aliphatic heterocycles. The molecule has 0 aromatic carbocycles. The van der Waals surface area contributed by atoms with Crippen LogP contribution in [0.4, 0.5) is 5.82 Å². The number of nitrogens with zero attached hydrogens (tertiary/aromatic N) is 2. The summed E-state index contributed by atoms with van der Waals surface area (Å²) in [5.41, 5.74) is 1.76. The van der Waals surface area contributed by atoms with Crippen LogP contribution < -0.4 is 5.32 Å². The molecule has 2 aromatic rings. The van der Waals surface area contributed by atoms with E-state index < -0.39 is 0 Å². The van der Waals surface area contributed by atoms with Crippen LogP contribution in [0.5, 0.6) is 0 Å². The second-order valence-corrected chi connectivity index (χ2v) is 7.26. The summed E-state index contributed by atoms with van der Waals surface area (Å²) in [4.78, 5) is 11.3. The lowest BCUT2D eigenvalue weighted by molar-refractivity contribution is 0.362. The van der Waals surface area contributed by atoms with Crippen LogP contribution in [0.1, 0.15) is 43.0 Å². The minimum Gasteiger partial charge on any atom is -0.369 e. The molecule has 1 N–H and O–H groups in total. The maximum absolute atomic E-state index is 4.46. The lowest BCUT2D eigenvalue weighted by atomic mass is 9.89. The molecule has 1 aliphatic rings. The zero-order valence-corrected chi connectivity index (χ0v) is 12.7. The minimum absolute atomic E-state index is 0.441. The van der Waals surface area contributed by atoms with E-state index in [2.05, 4.69) is 36.1 Å². The fraction of sp³-hybridized carbons (Fsp3) is 0.600. The third-order valence-electron chi connectivity index (χ3n) is 4.46. The fourth-order valence-corrected chi connectivity index (χ4v) is 4.02. The first-order valence-electron chi connectivity index (χ1n) is 7.04. The number of fused-ring (bicyclic) bond motifs is 1. The molecule has 1 saturated carbocycles. The maximum Gasteiger partial charge on any atom is 0.138 e. The summed E-state index contributed by atoms with van der Waals surface area (Å²) in [6.45, 7) is 7.73. The van der Waals surface area contributed by atoms with E-state index in [0.717, 1.165) is 17.2 Å². The molecule has 19 heavy (non-hydrogen) atoms. The molecule has 0 radical (unpaired) electrons. The van der Waals surface area contributed by atoms with Crippen molar-refractivity contribution in [1.82, 2.24) is 9.97 Å². The highest BCUT2D eigenvalue weighted by molar-refractivity contribution is 7.18. The van der Waals surface area contributed by atoms with Crippen molar-refractivity contribution in [3.63, 3.8) is 0 Å². The molecule has 102 valence electrons. The third kappa shape index (κ3) is 2.34. The van der Waals surface area contributed by atoms with Gasteiger partial charge < -0.3 is 5.32 Å². The third-order valence-corrected chi connectivity index (χ3v) is 5.57. The summed E-state index contributed by atoms with van der Waals surface area (Å²) in [5.74, 6) is 1.01. The summed E-state index contributed by atoms with van der Waals surface area (Å²) < 4.78 is 0. The van der Waals surface area contributed by atoms with Gasteiger partial charge in [0.05, 0.1) is 5.39 Å². The first-order valence-corrected chi connectivity index (χ1v) is 7.85. The molecule has 2 aromatic heterocycles. The quantitative estimate of drug-likeness (QED) is 0.907. The van der Waals surface area contributed by atoms with Crippen molar-refractivity contribution in [1.29, 1.82) is 0 Å². The van der Waals surface area contributed by atoms with Gasteiger partial charge in [-0.1, -0.05) is 19.8 Å². The van der Waals surface area contributed by atoms with E-state index in [9.17, 15) is 0 Å². The van der Waals surface area contributed by atoms with Crippen LogP contribution in [0.2, 0.25) is 0 Å². The Kier molecular flexibility index (Phi) is 3.21. The van der Waals surface area contributed by atoms with Gasteiger partial charge in [-0.25, -0.2) is 9.97 Å². The molecule has 1 aliphatic carbocycles. The Hall–Kier alpha value is -1.16. The summed E-state index contributed by atoms with van der Waals surface area (Å²) in [6, 6.07) is 0. The van der Waals surface area contributed by atoms with Crippen LogP contribution >= 0.6 is 11.3 Å². The number of hydrogen-bond donors (Lipinski definition) is 1. The smallest absolute Gasteiger partial charge is 0.138 e. The Morgan fingerprint density at radius 2 is 2.00 bits per heavy atom. The molecule has 0 bridgehead atoms. The molecular formula is C15H21N3S. The van der Waals surface area contributed by atoms with E-state index in [1.165, 1.54) is 41.5 Å². The Labute approximate surface area is 118 Å². The number of nitrogens with one attached hydrogen (secondary N) is 1. The van der Waals surface area contributed by atoms with Crippen LogP contribution in [0.3, 0.4) is 0 Å². The fourth-order valence-electron chi connectivity index (χ4n) is 3.02. The number of aryl methyl sites for hydroxylation is 2. The van der Waals surface area contributed by atoms with Gasteiger partial charge in [-0.3, -0.25) is 0 Å². The van der Waals surface area contributed by atoms with E-state index >= 15 is 0 Å². The molecule has 0 atom stereocenters. The Morgan fingerprint density at radius 1 is 1.26 bits per heavy atom. The molecule has 1 fully saturated rings. The standard InChI is InChI=1S/C15H21N3S/c1-10-11(2)19-14-12(10)13(17-9-18-14)16-8-15(3)6-4-5-7-15/h9H,4-8H2,1-3H3,(H,16,17,18). The van der Waals surface area contributed by atoms with Gasteiger partial charge in [-0.05, 0) is 37.7 Å². The van der Waals surface area contributed by atoms with Crippen molar-refractivity contribution < 1.29 is 0 Å². The van der Waals surface area contributed by atoms with Gasteiger partial charge >= 0.3 is 0 Å². The van der Waals surface area contributed by atoms with Crippen molar-refractivity contribution in [2.24, 2.45) is 5.41 Å². The summed E-state index contributed by atoms with van der Waals surface area (Å²) in [6.07, 6.45) is 7.07. The second kappa shape index (κ2) is 4.75. The average molecular weight is 275 g/mol. The Morgan fingerprint density at radius 3 is 2.74 bits per heavy atom. The average Bonchev–Trinajstić information content (AvgIpc) is 2.94. The zero-order valence-electron chi connectivity index (χ0n) is 11.9. The first-order chi connectivity index (χ1) is 9.09. The molecule has 4 heteroatoms. The molecule has 0 spiro atoms. The molecule has 0 saturated heterocycles. The van der Waals surface area contributed by atoms with Gasteiger partial charge in [-0.2, -0.15) is 0 Å². The van der Waals surface area contributed by atoms with Crippen LogP contribution in [0.15, 0.2) is 6.33 Å². The molecular weight excluding hydrogens is 254 g/mol. The van der Waals surface area contributed by atoms with E-state index in [-0.39, 0.29) is 0 Å². The van der Waals surface area contributed by atoms with Crippen molar-refractivity contribution in [3.8, 4) is 0 Å². The van der Waals surface area contributed by atoms with E-state index in [1.54, 1.807) is 17.7 Å². The predicted octanol–water partition coefficient (Wildman–Crippen LogP) is 4.30. The second-order valence-electron chi connectivity index (χ2n) is 6.06. The van der Waals surface area contributed by atoms with Crippen molar-refractivity contribution >= 4 is 27.4 Å². The van der Waals surface area contributed by atoms with Crippen LogP contribution in [-0.2, 0) is 0 Å². The Bertz CT molecular complexity index is 597. The van der Waals surface area contributed by atoms with Gasteiger partial charge in [0.15, 0.2) is 0 Å². The molecule has 2 heterocycles. The highest BCUT2D eigenvalue weighted by Crippen LogP contribution is 2.38. The van der Waals surface area contributed by atoms with Crippen LogP contribution in [0.25, 0.3) is 10.2 Å². The first kappa shape index (κ1) is 12.9. The highest BCUT2D eigenvalue weighted by Gasteiger charge is 2.28. The van der Waals surface area contributed by atoms with Gasteiger partial charge in [0.25, 0.3) is 0 Å². The van der Waals surface area contributed by atoms with Crippen molar-refractivity contribution in [2.45, 2.75) is 46.5 Å². The summed E-state index contributed by atoms with van der Waals surface area (Å²) in [5, 5.41) is 4.79. The summed E-state index contributed by atoms with van der Waals surface area (Å²) >= 11 is 1.76. The monoisotopic (exact) mass is 275 g/mol. The topological polar surface area (TPSA) is 37.8 Å².